The maximum atomic E-state index is 12.7. The number of amides is 1. The normalized spacial score (nSPS) is 12.2. The van der Waals surface area contributed by atoms with Crippen molar-refractivity contribution in [3.8, 4) is 0 Å². The lowest BCUT2D eigenvalue weighted by atomic mass is 10.0. The predicted octanol–water partition coefficient (Wildman–Crippen LogP) is 1.86. The third kappa shape index (κ3) is 10.4. The molecule has 0 aliphatic rings. The van der Waals surface area contributed by atoms with Crippen molar-refractivity contribution in [2.75, 3.05) is 52.5 Å². The van der Waals surface area contributed by atoms with Gasteiger partial charge < -0.3 is 15.5 Å². The minimum atomic E-state index is -1.16. The Hall–Kier alpha value is -3.13. The summed E-state index contributed by atoms with van der Waals surface area (Å²) in [6.07, 6.45) is 1.19. The van der Waals surface area contributed by atoms with Gasteiger partial charge in [0, 0.05) is 38.3 Å². The highest BCUT2D eigenvalue weighted by molar-refractivity contribution is 6.06. The summed E-state index contributed by atoms with van der Waals surface area (Å²) in [6, 6.07) is 12.1. The SMILES string of the molecule is O=C(O)CN(CCN(CCOO)CCOO)C(CCCCNC(=O)c1cccc2ccccc12)C(=O)O. The van der Waals surface area contributed by atoms with E-state index in [1.165, 1.54) is 4.90 Å². The van der Waals surface area contributed by atoms with Crippen LogP contribution in [0.2, 0.25) is 0 Å². The Bertz CT molecular complexity index is 991. The summed E-state index contributed by atoms with van der Waals surface area (Å²) < 4.78 is 0. The molecule has 5 N–H and O–H groups in total. The maximum Gasteiger partial charge on any atom is 0.320 e. The van der Waals surface area contributed by atoms with Crippen LogP contribution in [0.25, 0.3) is 10.8 Å². The van der Waals surface area contributed by atoms with E-state index in [2.05, 4.69) is 15.1 Å². The first-order chi connectivity index (χ1) is 17.9. The predicted molar refractivity (Wildman–Crippen MR) is 134 cm³/mol. The van der Waals surface area contributed by atoms with Gasteiger partial charge in [-0.1, -0.05) is 36.4 Å². The van der Waals surface area contributed by atoms with Crippen LogP contribution in [0, 0.1) is 0 Å². The number of nitrogens with one attached hydrogen (secondary N) is 1. The van der Waals surface area contributed by atoms with E-state index in [0.717, 1.165) is 10.8 Å². The van der Waals surface area contributed by atoms with E-state index in [9.17, 15) is 24.6 Å². The van der Waals surface area contributed by atoms with Crippen molar-refractivity contribution < 1.29 is 44.9 Å². The highest BCUT2D eigenvalue weighted by Crippen LogP contribution is 2.18. The molecule has 204 valence electrons. The summed E-state index contributed by atoms with van der Waals surface area (Å²) in [6.45, 7) is 0.792. The quantitative estimate of drug-likeness (QED) is 0.104. The number of carbonyl (C=O) groups excluding carboxylic acids is 1. The van der Waals surface area contributed by atoms with Crippen molar-refractivity contribution in [3.05, 3.63) is 48.0 Å². The highest BCUT2D eigenvalue weighted by Gasteiger charge is 2.27. The van der Waals surface area contributed by atoms with E-state index in [1.54, 1.807) is 11.0 Å². The van der Waals surface area contributed by atoms with Gasteiger partial charge >= 0.3 is 11.9 Å². The average Bonchev–Trinajstić information content (AvgIpc) is 2.88. The Morgan fingerprint density at radius 2 is 1.54 bits per heavy atom. The van der Waals surface area contributed by atoms with Crippen LogP contribution in [0.3, 0.4) is 0 Å². The molecule has 0 fully saturated rings. The summed E-state index contributed by atoms with van der Waals surface area (Å²) in [5, 5.41) is 40.9. The van der Waals surface area contributed by atoms with Crippen LogP contribution in [-0.4, -0.2) is 107 Å². The number of unbranched alkanes of at least 4 members (excludes halogenated alkanes) is 1. The Balaban J connectivity index is 1.90. The van der Waals surface area contributed by atoms with Gasteiger partial charge in [-0.25, -0.2) is 9.78 Å². The first-order valence-corrected chi connectivity index (χ1v) is 12.1. The van der Waals surface area contributed by atoms with Crippen LogP contribution in [0.5, 0.6) is 0 Å². The van der Waals surface area contributed by atoms with Crippen LogP contribution in [0.4, 0.5) is 0 Å². The molecule has 0 bridgehead atoms. The number of carbonyl (C=O) groups is 3. The van der Waals surface area contributed by atoms with Crippen LogP contribution >= 0.6 is 0 Å². The average molecular weight is 522 g/mol. The van der Waals surface area contributed by atoms with E-state index in [4.69, 9.17) is 10.5 Å². The summed E-state index contributed by atoms with van der Waals surface area (Å²) in [5.74, 6) is -2.50. The van der Waals surface area contributed by atoms with Gasteiger partial charge in [0.05, 0.1) is 19.8 Å². The zero-order chi connectivity index (χ0) is 27.0. The number of hydrogen-bond acceptors (Lipinski definition) is 9. The fourth-order valence-electron chi connectivity index (χ4n) is 4.11. The first-order valence-electron chi connectivity index (χ1n) is 12.1. The minimum absolute atomic E-state index is 0.0167. The van der Waals surface area contributed by atoms with E-state index >= 15 is 0 Å². The molecule has 0 radical (unpaired) electrons. The Labute approximate surface area is 214 Å². The van der Waals surface area contributed by atoms with Gasteiger partial charge in [-0.2, -0.15) is 0 Å². The van der Waals surface area contributed by atoms with Crippen molar-refractivity contribution >= 4 is 28.6 Å². The molecule has 1 unspecified atom stereocenters. The smallest absolute Gasteiger partial charge is 0.320 e. The molecule has 12 nitrogen and oxygen atoms in total. The Morgan fingerprint density at radius 3 is 2.19 bits per heavy atom. The third-order valence-electron chi connectivity index (χ3n) is 5.99. The van der Waals surface area contributed by atoms with Crippen molar-refractivity contribution in [2.45, 2.75) is 25.3 Å². The van der Waals surface area contributed by atoms with E-state index in [-0.39, 0.29) is 51.7 Å². The number of fused-ring (bicyclic) bond motifs is 1. The molecular formula is C25H35N3O9. The minimum Gasteiger partial charge on any atom is -0.480 e. The largest absolute Gasteiger partial charge is 0.480 e. The lowest BCUT2D eigenvalue weighted by molar-refractivity contribution is -0.251. The molecule has 2 rings (SSSR count). The van der Waals surface area contributed by atoms with Crippen LogP contribution in [0.15, 0.2) is 42.5 Å². The zero-order valence-corrected chi connectivity index (χ0v) is 20.6. The lowest BCUT2D eigenvalue weighted by Crippen LogP contribution is -2.48. The number of benzene rings is 2. The second kappa shape index (κ2) is 16.6. The van der Waals surface area contributed by atoms with Gasteiger partial charge in [0.2, 0.25) is 0 Å². The van der Waals surface area contributed by atoms with Gasteiger partial charge in [0.25, 0.3) is 5.91 Å². The molecule has 0 spiro atoms. The number of nitrogens with zero attached hydrogens (tertiary/aromatic N) is 2. The van der Waals surface area contributed by atoms with E-state index < -0.39 is 24.5 Å². The topological polar surface area (TPSA) is 169 Å². The van der Waals surface area contributed by atoms with Crippen LogP contribution in [-0.2, 0) is 19.4 Å². The number of aliphatic carboxylic acids is 2. The molecule has 0 saturated carbocycles. The summed E-state index contributed by atoms with van der Waals surface area (Å²) >= 11 is 0. The molecule has 37 heavy (non-hydrogen) atoms. The summed E-state index contributed by atoms with van der Waals surface area (Å²) in [7, 11) is 0. The third-order valence-corrected chi connectivity index (χ3v) is 5.99. The second-order valence-corrected chi connectivity index (χ2v) is 8.50. The summed E-state index contributed by atoms with van der Waals surface area (Å²) in [5.41, 5.74) is 0.567. The molecule has 0 aliphatic carbocycles. The molecule has 0 heterocycles. The van der Waals surface area contributed by atoms with Crippen molar-refractivity contribution in [3.63, 3.8) is 0 Å². The van der Waals surface area contributed by atoms with Gasteiger partial charge in [-0.05, 0) is 36.1 Å². The van der Waals surface area contributed by atoms with Crippen molar-refractivity contribution in [2.24, 2.45) is 0 Å². The Morgan fingerprint density at radius 1 is 0.865 bits per heavy atom. The monoisotopic (exact) mass is 521 g/mol. The fourth-order valence-corrected chi connectivity index (χ4v) is 4.11. The second-order valence-electron chi connectivity index (χ2n) is 8.50. The standard InChI is InChI=1S/C25H35N3O9/c29-23(30)18-28(13-12-27(14-16-36-34)15-17-37-35)22(25(32)33)10-3-4-11-26-24(31)21-9-5-7-19-6-1-2-8-20(19)21/h1-2,5-9,22,34-35H,3-4,10-18H2,(H,26,31)(H,29,30)(H,32,33). The van der Waals surface area contributed by atoms with Gasteiger partial charge in [0.15, 0.2) is 0 Å². The maximum absolute atomic E-state index is 12.7. The van der Waals surface area contributed by atoms with E-state index in [0.29, 0.717) is 24.9 Å². The molecule has 0 saturated heterocycles. The van der Waals surface area contributed by atoms with Crippen LogP contribution < -0.4 is 5.32 Å². The van der Waals surface area contributed by atoms with Gasteiger partial charge in [-0.3, -0.25) is 34.7 Å². The highest BCUT2D eigenvalue weighted by atomic mass is 17.1. The molecule has 0 aromatic heterocycles. The number of carboxylic acids is 2. The molecular weight excluding hydrogens is 486 g/mol. The molecule has 12 heteroatoms. The molecule has 2 aromatic rings. The number of rotatable bonds is 19. The van der Waals surface area contributed by atoms with E-state index in [1.807, 2.05) is 36.4 Å². The first kappa shape index (κ1) is 30.1. The van der Waals surface area contributed by atoms with Gasteiger partial charge in [0.1, 0.15) is 6.04 Å². The van der Waals surface area contributed by atoms with Crippen molar-refractivity contribution in [1.29, 1.82) is 0 Å². The molecule has 1 amide bonds. The molecule has 1 atom stereocenters. The number of carboxylic acid groups (broad SMARTS) is 2. The summed E-state index contributed by atoms with van der Waals surface area (Å²) in [4.78, 5) is 47.3. The lowest BCUT2D eigenvalue weighted by Gasteiger charge is -2.30. The van der Waals surface area contributed by atoms with Crippen LogP contribution in [0.1, 0.15) is 29.6 Å². The zero-order valence-electron chi connectivity index (χ0n) is 20.6. The fraction of sp³-hybridized carbons (Fsp3) is 0.480. The molecule has 0 aliphatic heterocycles. The van der Waals surface area contributed by atoms with Crippen molar-refractivity contribution in [1.82, 2.24) is 15.1 Å². The number of hydrogen-bond donors (Lipinski definition) is 5. The Kier molecular flexibility index (Phi) is 13.5. The molecule has 2 aromatic carbocycles. The van der Waals surface area contributed by atoms with Gasteiger partial charge in [-0.15, -0.1) is 0 Å².